The second-order valence-electron chi connectivity index (χ2n) is 31.9. The van der Waals surface area contributed by atoms with Crippen molar-refractivity contribution in [3.63, 3.8) is 0 Å². The van der Waals surface area contributed by atoms with Crippen LogP contribution in [0.4, 0.5) is 0 Å². The predicted octanol–water partition coefficient (Wildman–Crippen LogP) is 24.7. The Kier molecular flexibility index (Phi) is 20.1. The van der Waals surface area contributed by atoms with E-state index in [0.717, 1.165) is 52.2 Å². The fourth-order valence-electron chi connectivity index (χ4n) is 18.8. The van der Waals surface area contributed by atoms with Gasteiger partial charge in [0.05, 0.1) is 50.9 Å². The molecule has 21 aromatic rings. The van der Waals surface area contributed by atoms with Crippen molar-refractivity contribution in [1.29, 1.82) is 0 Å². The highest BCUT2D eigenvalue weighted by atomic mass is 35.5. The van der Waals surface area contributed by atoms with E-state index in [-0.39, 0.29) is 0 Å². The minimum absolute atomic E-state index is 0.795. The summed E-state index contributed by atoms with van der Waals surface area (Å²) in [5.74, 6) is 7.90. The highest BCUT2D eigenvalue weighted by molar-refractivity contribution is 7.99. The zero-order valence-corrected chi connectivity index (χ0v) is 75.3. The van der Waals surface area contributed by atoms with Gasteiger partial charge in [-0.1, -0.05) is 223 Å². The van der Waals surface area contributed by atoms with Crippen LogP contribution in [0.5, 0.6) is 5.88 Å². The lowest BCUT2D eigenvalue weighted by atomic mass is 10.0. The molecule has 28 rings (SSSR count). The molecule has 0 aliphatic carbocycles. The molecule has 0 bridgehead atoms. The van der Waals surface area contributed by atoms with Gasteiger partial charge in [-0.2, -0.15) is 27.4 Å². The Bertz CT molecular complexity index is 7390. The monoisotopic (exact) mass is 1730 g/mol. The van der Waals surface area contributed by atoms with E-state index >= 15 is 0 Å². The molecule has 17 heteroatoms. The summed E-state index contributed by atoms with van der Waals surface area (Å²) < 4.78 is 22.0. The summed E-state index contributed by atoms with van der Waals surface area (Å²) in [6, 6.07) is 105. The number of aromatic nitrogens is 7. The molecule has 14 aromatic carbocycles. The largest absolute Gasteiger partial charge is 0.448 e. The van der Waals surface area contributed by atoms with Crippen molar-refractivity contribution in [2.45, 2.75) is 109 Å². The Hall–Kier alpha value is -10.5. The minimum atomic E-state index is -0.795. The number of hydrogen-bond acceptors (Lipinski definition) is 8. The van der Waals surface area contributed by atoms with Crippen molar-refractivity contribution >= 4 is 260 Å². The van der Waals surface area contributed by atoms with Crippen molar-refractivity contribution < 1.29 is 36.7 Å². The van der Waals surface area contributed by atoms with E-state index in [0.29, 0.717) is 0 Å². The summed E-state index contributed by atoms with van der Waals surface area (Å²) >= 11 is 19.7. The summed E-state index contributed by atoms with van der Waals surface area (Å²) in [4.78, 5) is 9.86. The van der Waals surface area contributed by atoms with Crippen molar-refractivity contribution in [2.75, 3.05) is 7.11 Å². The molecule has 8 nitrogen and oxygen atoms in total. The summed E-state index contributed by atoms with van der Waals surface area (Å²) in [5, 5.41) is 30.8. The van der Waals surface area contributed by atoms with Gasteiger partial charge in [-0.25, -0.2) is 0 Å². The zero-order valence-electron chi connectivity index (χ0n) is 67.7. The van der Waals surface area contributed by atoms with Crippen LogP contribution in [0, 0.1) is 20.8 Å². The van der Waals surface area contributed by atoms with Crippen LogP contribution in [0.25, 0.3) is 152 Å². The number of nitrogens with zero attached hydrogens (tertiary/aromatic N) is 7. The zero-order chi connectivity index (χ0) is 81.3. The van der Waals surface area contributed by atoms with Gasteiger partial charge in [-0.15, -0.1) is 4.57 Å². The Labute approximate surface area is 737 Å². The van der Waals surface area contributed by atoms with Crippen LogP contribution < -0.4 is 42.0 Å². The third-order valence-corrected chi connectivity index (χ3v) is 34.1. The topological polar surface area (TPSA) is 36.4 Å². The van der Waals surface area contributed by atoms with Crippen LogP contribution in [0.3, 0.4) is 0 Å². The maximum absolute atomic E-state index is 6.28. The third kappa shape index (κ3) is 13.4. The third-order valence-electron chi connectivity index (χ3n) is 24.6. The molecule has 0 saturated heterocycles. The Morgan fingerprint density at radius 2 is 0.554 bits per heavy atom. The molecule has 0 radical (unpaired) electrons. The van der Waals surface area contributed by atoms with Crippen molar-refractivity contribution in [2.24, 2.45) is 0 Å². The van der Waals surface area contributed by atoms with Gasteiger partial charge in [0.25, 0.3) is 5.15 Å². The molecule has 0 fully saturated rings. The summed E-state index contributed by atoms with van der Waals surface area (Å²) in [6.07, 6.45) is 4.35. The number of hydrogen-bond donors (Lipinski definition) is 0. The normalized spacial score (nSPS) is 13.7. The average molecular weight is 1730 g/mol. The molecule has 0 amide bonds. The number of benzene rings is 14. The molecule has 0 N–H and O–H groups in total. The van der Waals surface area contributed by atoms with Crippen LogP contribution in [-0.2, 0) is 41.1 Å². The van der Waals surface area contributed by atoms with Crippen LogP contribution in [0.2, 0.25) is 18.2 Å². The van der Waals surface area contributed by atoms with Crippen LogP contribution >= 0.6 is 93.9 Å². The first-order valence-corrected chi connectivity index (χ1v) is 51.2. The molecule has 0 atom stereocenters. The van der Waals surface area contributed by atoms with Crippen molar-refractivity contribution in [3.8, 4) is 5.88 Å². The highest BCUT2D eigenvalue weighted by Gasteiger charge is 2.32. The van der Waals surface area contributed by atoms with Gasteiger partial charge in [0.15, 0.2) is 53.2 Å². The first kappa shape index (κ1) is 76.6. The lowest BCUT2D eigenvalue weighted by Gasteiger charge is -2.16. The van der Waals surface area contributed by atoms with Gasteiger partial charge >= 0.3 is 5.88 Å². The summed E-state index contributed by atoms with van der Waals surface area (Å²) in [5.41, 5.74) is 13.7. The first-order valence-electron chi connectivity index (χ1n) is 41.1. The number of pyridine rings is 7. The number of aryl methyl sites for hydroxylation is 3. The van der Waals surface area contributed by atoms with E-state index in [1.165, 1.54) is 203 Å². The van der Waals surface area contributed by atoms with E-state index in [9.17, 15) is 0 Å². The predicted molar refractivity (Wildman–Crippen MR) is 517 cm³/mol. The van der Waals surface area contributed by atoms with Gasteiger partial charge < -0.3 is 4.74 Å². The minimum Gasteiger partial charge on any atom is -0.448 e. The van der Waals surface area contributed by atoms with E-state index in [4.69, 9.17) is 16.3 Å². The number of ether oxygens (including phenoxy) is 1. The lowest BCUT2D eigenvalue weighted by Crippen LogP contribution is -2.55. The molecule has 121 heavy (non-hydrogen) atoms. The van der Waals surface area contributed by atoms with Gasteiger partial charge in [-0.05, 0) is 189 Å². The first-order chi connectivity index (χ1) is 59.4. The van der Waals surface area contributed by atoms with Crippen LogP contribution in [-0.4, -0.2) is 15.9 Å². The lowest BCUT2D eigenvalue weighted by molar-refractivity contribution is -0.655. The van der Waals surface area contributed by atoms with E-state index in [1.807, 2.05) is 94.5 Å². The maximum atomic E-state index is 6.28. The van der Waals surface area contributed by atoms with E-state index in [1.54, 1.807) is 12.4 Å². The highest BCUT2D eigenvalue weighted by Crippen LogP contribution is 2.44. The maximum Gasteiger partial charge on any atom is 0.368 e. The van der Waals surface area contributed by atoms with Crippen molar-refractivity contribution in [3.05, 3.63) is 326 Å². The molecule has 14 heterocycles. The second kappa shape index (κ2) is 31.8. The fraction of sp³-hybridized carbons (Fsp3) is 0.125. The molecule has 7 aliphatic rings. The SMILES string of the molecule is COc1ccc2ccc3cccc4c3c2[n+]1CS4.C[SiH](C)c1ccc2ccc3cccc4c3c2[n+]1CS4.Cc1ccc2ccc3ccc[n+]4c3c2c1SC4.Cc1ccc2ccc3cccc4c3c2[n+]1CS4.Cc1ccc2ccc3cccc4c3c2[n+]1CS4.Clc1ccc2ccc3cccc4c3c2[n+]1CS4.c1cc2c3c(c1)ccc1ccc[n+](c13)CS2. The fourth-order valence-corrected chi connectivity index (χ4v) is 28.1. The number of halogens is 1. The molecule has 0 unspecified atom stereocenters. The average Bonchev–Trinajstić information content (AvgIpc) is 0.760. The van der Waals surface area contributed by atoms with E-state index in [2.05, 4.69) is 357 Å². The number of rotatable bonds is 2. The van der Waals surface area contributed by atoms with E-state index < -0.39 is 8.80 Å². The molecule has 0 spiro atoms. The van der Waals surface area contributed by atoms with Crippen LogP contribution in [0.15, 0.2) is 338 Å². The Morgan fingerprint density at radius 1 is 0.264 bits per heavy atom. The quantitative estimate of drug-likeness (QED) is 0.0734. The summed E-state index contributed by atoms with van der Waals surface area (Å²) in [7, 11) is 0.937. The smallest absolute Gasteiger partial charge is 0.368 e. The molecule has 0 saturated carbocycles. The van der Waals surface area contributed by atoms with Gasteiger partial charge in [0.2, 0.25) is 50.4 Å². The van der Waals surface area contributed by atoms with Crippen molar-refractivity contribution in [1.82, 2.24) is 0 Å². The standard InChI is InChI=1S/C16H16NSSi.C15H12NOS.3C15H12NS.C14H9ClNS.C14H10NS/c1-19(2)14-9-8-12-7-6-11-4-3-5-13-15(11)16(12)17(14)10-18-13;1-17-13-8-7-11-6-5-10-3-2-4-12-14(10)15(11)16(13)9-18-12;1-10-4-5-11-6-7-12-3-2-8-16-9-17-15(10)13(11)14(12)16;2*1-10-5-6-12-8-7-11-3-2-4-13-14(11)15(12)16(10)9-17-13;15-12-7-6-10-5-4-9-2-1-3-11-13(9)14(10)16(12)8-17-11;1-3-10-6-7-11-4-2-8-15-9-16-12(5-1)13(10)14(11)15/h3-9,19H,10H2,1-2H3;2-8H,9H2,1H3;3*2-8H,9H2,1H3;1-7H,8H2;1-8H,9H2/q7*+1. The van der Waals surface area contributed by atoms with Gasteiger partial charge in [0.1, 0.15) is 14.1 Å². The molecule has 586 valence electrons. The Balaban J connectivity index is 0.0000000846. The van der Waals surface area contributed by atoms with Gasteiger partial charge in [-0.3, -0.25) is 0 Å². The molecular formula is C104H83ClN7OS7Si+7. The second-order valence-corrected chi connectivity index (χ2v) is 42.0. The Morgan fingerprint density at radius 3 is 0.983 bits per heavy atom. The molecule has 7 aliphatic heterocycles. The molecule has 7 aromatic heterocycles. The number of thioether (sulfide) groups is 7. The van der Waals surface area contributed by atoms with Gasteiger partial charge in [0, 0.05) is 116 Å². The van der Waals surface area contributed by atoms with Crippen LogP contribution in [0.1, 0.15) is 17.0 Å². The molecular weight excluding hydrogens is 1650 g/mol. The number of methoxy groups -OCH3 is 1. The summed E-state index contributed by atoms with van der Waals surface area (Å²) in [6.45, 7) is 11.4.